The highest BCUT2D eigenvalue weighted by molar-refractivity contribution is 14.0. The van der Waals surface area contributed by atoms with Crippen LogP contribution in [0, 0.1) is 13.8 Å². The fraction of sp³-hybridized carbons (Fsp3) is 0.562. The van der Waals surface area contributed by atoms with Crippen molar-refractivity contribution in [2.45, 2.75) is 39.8 Å². The Morgan fingerprint density at radius 3 is 2.64 bits per heavy atom. The molecule has 0 aliphatic rings. The molecule has 2 aromatic heterocycles. The number of rotatable bonds is 6. The molecule has 0 saturated carbocycles. The molecule has 2 aromatic rings. The topological polar surface area (TPSA) is 87.4 Å². The van der Waals surface area contributed by atoms with Crippen LogP contribution in [0.4, 0.5) is 0 Å². The van der Waals surface area contributed by atoms with Crippen molar-refractivity contribution >= 4 is 41.3 Å². The first-order valence-electron chi connectivity index (χ1n) is 7.98. The highest BCUT2D eigenvalue weighted by Crippen LogP contribution is 2.19. The van der Waals surface area contributed by atoms with E-state index in [2.05, 4.69) is 32.6 Å². The molecule has 1 atom stereocenters. The zero-order chi connectivity index (χ0) is 17.7. The summed E-state index contributed by atoms with van der Waals surface area (Å²) in [4.78, 5) is 10.3. The molecule has 0 radical (unpaired) electrons. The van der Waals surface area contributed by atoms with Crippen molar-refractivity contribution in [3.63, 3.8) is 0 Å². The molecule has 0 saturated heterocycles. The first kappa shape index (κ1) is 21.8. The third-order valence-electron chi connectivity index (χ3n) is 3.72. The molecular formula is C16H27IN6OS. The maximum atomic E-state index is 10.6. The maximum Gasteiger partial charge on any atom is 0.191 e. The van der Waals surface area contributed by atoms with Gasteiger partial charge in [0, 0.05) is 30.2 Å². The lowest BCUT2D eigenvalue weighted by molar-refractivity contribution is 0.0616. The fourth-order valence-electron chi connectivity index (χ4n) is 2.15. The van der Waals surface area contributed by atoms with E-state index in [1.807, 2.05) is 27.1 Å². The number of nitrogens with zero attached hydrogens (tertiary/aromatic N) is 4. The van der Waals surface area contributed by atoms with Gasteiger partial charge in [0.25, 0.3) is 0 Å². The average molecular weight is 478 g/mol. The van der Waals surface area contributed by atoms with Gasteiger partial charge >= 0.3 is 0 Å². The minimum absolute atomic E-state index is 0. The van der Waals surface area contributed by atoms with Crippen molar-refractivity contribution in [1.82, 2.24) is 25.4 Å². The molecule has 0 aliphatic heterocycles. The zero-order valence-corrected chi connectivity index (χ0v) is 18.5. The Bertz CT molecular complexity index is 690. The molecule has 2 rings (SSSR count). The van der Waals surface area contributed by atoms with Crippen LogP contribution in [0.2, 0.25) is 0 Å². The standard InChI is InChI=1S/C16H26N6OS.HI/c1-6-17-15(18-8-14-21-11(2)12(3)24-14)19-10-16(4,23)13-7-20-22(5)9-13;/h7,9,23H,6,8,10H2,1-5H3,(H2,17,18,19);1H. The molecular weight excluding hydrogens is 451 g/mol. The van der Waals surface area contributed by atoms with Gasteiger partial charge in [0.2, 0.25) is 0 Å². The van der Waals surface area contributed by atoms with E-state index >= 15 is 0 Å². The van der Waals surface area contributed by atoms with E-state index in [0.717, 1.165) is 22.8 Å². The number of aliphatic imine (C=N–C) groups is 1. The second-order valence-electron chi connectivity index (χ2n) is 5.97. The van der Waals surface area contributed by atoms with Gasteiger partial charge in [0.05, 0.1) is 25.0 Å². The van der Waals surface area contributed by atoms with Crippen molar-refractivity contribution in [3.8, 4) is 0 Å². The first-order chi connectivity index (χ1) is 11.3. The number of hydrogen-bond acceptors (Lipinski definition) is 5. The lowest BCUT2D eigenvalue weighted by Crippen LogP contribution is -2.44. The Labute approximate surface area is 170 Å². The molecule has 0 bridgehead atoms. The third-order valence-corrected chi connectivity index (χ3v) is 4.77. The van der Waals surface area contributed by atoms with E-state index in [-0.39, 0.29) is 24.0 Å². The van der Waals surface area contributed by atoms with Gasteiger partial charge in [-0.05, 0) is 27.7 Å². The van der Waals surface area contributed by atoms with E-state index in [9.17, 15) is 5.11 Å². The minimum Gasteiger partial charge on any atom is -0.383 e. The summed E-state index contributed by atoms with van der Waals surface area (Å²) in [5, 5.41) is 22.1. The minimum atomic E-state index is -1.03. The van der Waals surface area contributed by atoms with E-state index in [0.29, 0.717) is 19.0 Å². The van der Waals surface area contributed by atoms with Gasteiger partial charge in [-0.25, -0.2) is 9.98 Å². The van der Waals surface area contributed by atoms with Crippen LogP contribution < -0.4 is 10.6 Å². The Morgan fingerprint density at radius 2 is 2.12 bits per heavy atom. The number of guanidine groups is 1. The molecule has 0 aromatic carbocycles. The number of thiazole rings is 1. The predicted octanol–water partition coefficient (Wildman–Crippen LogP) is 2.07. The summed E-state index contributed by atoms with van der Waals surface area (Å²) >= 11 is 1.66. The van der Waals surface area contributed by atoms with Gasteiger partial charge < -0.3 is 15.7 Å². The van der Waals surface area contributed by atoms with Crippen LogP contribution in [-0.4, -0.2) is 38.9 Å². The van der Waals surface area contributed by atoms with Crippen LogP contribution in [0.5, 0.6) is 0 Å². The average Bonchev–Trinajstić information content (AvgIpc) is 3.09. The zero-order valence-electron chi connectivity index (χ0n) is 15.3. The smallest absolute Gasteiger partial charge is 0.191 e. The van der Waals surface area contributed by atoms with E-state index in [1.54, 1.807) is 29.1 Å². The van der Waals surface area contributed by atoms with Gasteiger partial charge in [0.15, 0.2) is 5.96 Å². The van der Waals surface area contributed by atoms with Crippen molar-refractivity contribution < 1.29 is 5.11 Å². The van der Waals surface area contributed by atoms with Gasteiger partial charge in [0.1, 0.15) is 10.6 Å². The highest BCUT2D eigenvalue weighted by Gasteiger charge is 2.25. The van der Waals surface area contributed by atoms with Crippen LogP contribution in [-0.2, 0) is 19.2 Å². The second-order valence-corrected chi connectivity index (χ2v) is 7.26. The van der Waals surface area contributed by atoms with Crippen molar-refractivity contribution in [2.24, 2.45) is 12.0 Å². The summed E-state index contributed by atoms with van der Waals surface area (Å²) in [6.07, 6.45) is 3.49. The monoisotopic (exact) mass is 478 g/mol. The van der Waals surface area contributed by atoms with Crippen LogP contribution in [0.3, 0.4) is 0 Å². The van der Waals surface area contributed by atoms with E-state index in [4.69, 9.17) is 0 Å². The number of nitrogens with one attached hydrogen (secondary N) is 2. The number of aryl methyl sites for hydroxylation is 3. The number of hydrogen-bond donors (Lipinski definition) is 3. The van der Waals surface area contributed by atoms with E-state index in [1.165, 1.54) is 4.88 Å². The van der Waals surface area contributed by atoms with Crippen molar-refractivity contribution in [1.29, 1.82) is 0 Å². The summed E-state index contributed by atoms with van der Waals surface area (Å²) in [6.45, 7) is 9.44. The highest BCUT2D eigenvalue weighted by atomic mass is 127. The number of halogens is 1. The Balaban J connectivity index is 0.00000312. The predicted molar refractivity (Wildman–Crippen MR) is 113 cm³/mol. The SMILES string of the molecule is CCNC(=NCc1nc(C)c(C)s1)NCC(C)(O)c1cnn(C)c1.I. The molecule has 9 heteroatoms. The van der Waals surface area contributed by atoms with Crippen LogP contribution in [0.1, 0.15) is 35.0 Å². The molecule has 0 aliphatic carbocycles. The van der Waals surface area contributed by atoms with Gasteiger partial charge in [-0.2, -0.15) is 5.10 Å². The number of aromatic nitrogens is 3. The lowest BCUT2D eigenvalue weighted by atomic mass is 10.00. The first-order valence-corrected chi connectivity index (χ1v) is 8.80. The lowest BCUT2D eigenvalue weighted by Gasteiger charge is -2.23. The summed E-state index contributed by atoms with van der Waals surface area (Å²) in [5.74, 6) is 0.659. The quantitative estimate of drug-likeness (QED) is 0.336. The van der Waals surface area contributed by atoms with Gasteiger partial charge in [-0.3, -0.25) is 4.68 Å². The molecule has 2 heterocycles. The molecule has 0 fully saturated rings. The molecule has 140 valence electrons. The largest absolute Gasteiger partial charge is 0.383 e. The van der Waals surface area contributed by atoms with Crippen molar-refractivity contribution in [3.05, 3.63) is 33.5 Å². The summed E-state index contributed by atoms with van der Waals surface area (Å²) in [5.41, 5.74) is 0.793. The Kier molecular flexibility index (Phi) is 8.29. The van der Waals surface area contributed by atoms with Crippen LogP contribution in [0.15, 0.2) is 17.4 Å². The molecule has 0 spiro atoms. The summed E-state index contributed by atoms with van der Waals surface area (Å²) in [7, 11) is 1.83. The summed E-state index contributed by atoms with van der Waals surface area (Å²) in [6, 6.07) is 0. The Hall–Kier alpha value is -1.20. The third kappa shape index (κ3) is 6.23. The molecule has 7 nitrogen and oxygen atoms in total. The van der Waals surface area contributed by atoms with Gasteiger partial charge in [-0.15, -0.1) is 35.3 Å². The normalized spacial score (nSPS) is 13.9. The van der Waals surface area contributed by atoms with Crippen LogP contribution >= 0.6 is 35.3 Å². The Morgan fingerprint density at radius 1 is 1.40 bits per heavy atom. The molecule has 1 unspecified atom stereocenters. The maximum absolute atomic E-state index is 10.6. The molecule has 3 N–H and O–H groups in total. The number of aliphatic hydroxyl groups is 1. The van der Waals surface area contributed by atoms with Crippen molar-refractivity contribution in [2.75, 3.05) is 13.1 Å². The summed E-state index contributed by atoms with van der Waals surface area (Å²) < 4.78 is 1.68. The second kappa shape index (κ2) is 9.48. The van der Waals surface area contributed by atoms with E-state index < -0.39 is 5.60 Å². The molecule has 0 amide bonds. The van der Waals surface area contributed by atoms with Gasteiger partial charge in [-0.1, -0.05) is 0 Å². The fourth-order valence-corrected chi connectivity index (χ4v) is 3.01. The van der Waals surface area contributed by atoms with Crippen LogP contribution in [0.25, 0.3) is 0 Å². The molecule has 25 heavy (non-hydrogen) atoms.